The molecule has 0 amide bonds. The first kappa shape index (κ1) is 23.8. The van der Waals surface area contributed by atoms with E-state index in [1.165, 1.54) is 6.07 Å². The third-order valence-electron chi connectivity index (χ3n) is 5.93. The van der Waals surface area contributed by atoms with Crippen LogP contribution in [0, 0.1) is 11.6 Å². The van der Waals surface area contributed by atoms with Crippen molar-refractivity contribution in [3.8, 4) is 0 Å². The van der Waals surface area contributed by atoms with E-state index in [-0.39, 0.29) is 5.69 Å². The second kappa shape index (κ2) is 12.2. The molecule has 0 bridgehead atoms. The third-order valence-corrected chi connectivity index (χ3v) is 5.93. The maximum absolute atomic E-state index is 13.4. The molecule has 1 aromatic carbocycles. The highest BCUT2D eigenvalue weighted by molar-refractivity contribution is 5.41. The number of aromatic nitrogens is 2. The highest BCUT2D eigenvalue weighted by Gasteiger charge is 2.17. The molecule has 9 nitrogen and oxygen atoms in total. The Labute approximate surface area is 192 Å². The zero-order chi connectivity index (χ0) is 22.9. The number of nitrogens with one attached hydrogen (secondary N) is 1. The average molecular weight is 464 g/mol. The minimum absolute atomic E-state index is 0.248. The molecule has 0 unspecified atom stereocenters. The number of benzene rings is 1. The lowest BCUT2D eigenvalue weighted by Crippen LogP contribution is -2.44. The Morgan fingerprint density at radius 3 is 2.15 bits per heavy atom. The van der Waals surface area contributed by atoms with Crippen molar-refractivity contribution in [2.45, 2.75) is 6.54 Å². The second-order valence-electron chi connectivity index (χ2n) is 8.22. The van der Waals surface area contributed by atoms with Crippen molar-refractivity contribution in [1.82, 2.24) is 24.9 Å². The first-order valence-electron chi connectivity index (χ1n) is 11.4. The minimum Gasteiger partial charge on any atom is -0.379 e. The molecule has 2 saturated heterocycles. The molecule has 2 aliphatic heterocycles. The number of aromatic amines is 1. The lowest BCUT2D eigenvalue weighted by atomic mass is 10.3. The summed E-state index contributed by atoms with van der Waals surface area (Å²) in [4.78, 5) is 7.22. The maximum atomic E-state index is 13.4. The lowest BCUT2D eigenvalue weighted by molar-refractivity contribution is 0.0250. The van der Waals surface area contributed by atoms with Gasteiger partial charge in [-0.15, -0.1) is 5.11 Å². The zero-order valence-electron chi connectivity index (χ0n) is 18.8. The van der Waals surface area contributed by atoms with Gasteiger partial charge in [-0.05, 0) is 12.1 Å². The van der Waals surface area contributed by atoms with Gasteiger partial charge in [-0.3, -0.25) is 19.8 Å². The van der Waals surface area contributed by atoms with Crippen molar-refractivity contribution in [2.24, 2.45) is 10.2 Å². The fraction of sp³-hybridized carbons (Fsp3) is 0.591. The highest BCUT2D eigenvalue weighted by Crippen LogP contribution is 2.23. The van der Waals surface area contributed by atoms with Gasteiger partial charge in [-0.25, -0.2) is 8.78 Å². The minimum atomic E-state index is -0.948. The van der Waals surface area contributed by atoms with Crippen molar-refractivity contribution in [2.75, 3.05) is 78.8 Å². The SMILES string of the molecule is Fc1ccc(N=Nc2cn[nH]c2CN(CCN2CCOCC2)CCN2CCOCC2)cc1F. The van der Waals surface area contributed by atoms with Gasteiger partial charge in [0.05, 0.1) is 44.0 Å². The van der Waals surface area contributed by atoms with Gasteiger partial charge in [0.15, 0.2) is 11.6 Å². The molecule has 0 spiro atoms. The molecular formula is C22H31F2N7O2. The molecule has 2 aromatic rings. The van der Waals surface area contributed by atoms with E-state index in [0.29, 0.717) is 12.2 Å². The average Bonchev–Trinajstić information content (AvgIpc) is 3.29. The number of H-pyrrole nitrogens is 1. The normalized spacial score (nSPS) is 18.5. The van der Waals surface area contributed by atoms with Crippen molar-refractivity contribution < 1.29 is 18.3 Å². The van der Waals surface area contributed by atoms with E-state index < -0.39 is 11.6 Å². The van der Waals surface area contributed by atoms with E-state index in [1.54, 1.807) is 6.20 Å². The summed E-state index contributed by atoms with van der Waals surface area (Å²) in [6, 6.07) is 3.45. The van der Waals surface area contributed by atoms with Gasteiger partial charge < -0.3 is 9.47 Å². The van der Waals surface area contributed by atoms with Crippen LogP contribution < -0.4 is 0 Å². The number of hydrogen-bond acceptors (Lipinski definition) is 8. The molecule has 2 aliphatic rings. The van der Waals surface area contributed by atoms with Gasteiger partial charge in [0, 0.05) is 65.0 Å². The molecule has 0 aliphatic carbocycles. The number of nitrogens with zero attached hydrogens (tertiary/aromatic N) is 6. The van der Waals surface area contributed by atoms with E-state index in [2.05, 4.69) is 35.1 Å². The molecule has 11 heteroatoms. The molecular weight excluding hydrogens is 432 g/mol. The molecule has 0 saturated carbocycles. The smallest absolute Gasteiger partial charge is 0.161 e. The number of hydrogen-bond donors (Lipinski definition) is 1. The van der Waals surface area contributed by atoms with E-state index in [4.69, 9.17) is 9.47 Å². The van der Waals surface area contributed by atoms with Crippen LogP contribution in [0.3, 0.4) is 0 Å². The highest BCUT2D eigenvalue weighted by atomic mass is 19.2. The summed E-state index contributed by atoms with van der Waals surface area (Å²) in [6.07, 6.45) is 1.60. The van der Waals surface area contributed by atoms with Crippen LogP contribution in [0.1, 0.15) is 5.69 Å². The topological polar surface area (TPSA) is 81.6 Å². The van der Waals surface area contributed by atoms with Crippen LogP contribution in [0.4, 0.5) is 20.2 Å². The number of morpholine rings is 2. The summed E-state index contributed by atoms with van der Waals surface area (Å²) in [5.74, 6) is -1.86. The molecule has 0 atom stereocenters. The van der Waals surface area contributed by atoms with Crippen LogP contribution in [-0.2, 0) is 16.0 Å². The maximum Gasteiger partial charge on any atom is 0.161 e. The van der Waals surface area contributed by atoms with E-state index in [0.717, 1.165) is 96.6 Å². The van der Waals surface area contributed by atoms with Crippen LogP contribution in [-0.4, -0.2) is 104 Å². The van der Waals surface area contributed by atoms with Gasteiger partial charge in [0.2, 0.25) is 0 Å². The van der Waals surface area contributed by atoms with Gasteiger partial charge in [0.1, 0.15) is 5.69 Å². The molecule has 0 radical (unpaired) electrons. The standard InChI is InChI=1S/C22H31F2N7O2/c23-19-2-1-18(15-20(19)24)26-28-21-16-25-27-22(21)17-31(5-3-29-7-11-32-12-8-29)6-4-30-9-13-33-14-10-30/h1-2,15-16H,3-14,17H2,(H,25,27). The molecule has 3 heterocycles. The Morgan fingerprint density at radius 1 is 0.909 bits per heavy atom. The molecule has 1 N–H and O–H groups in total. The Bertz CT molecular complexity index is 877. The van der Waals surface area contributed by atoms with E-state index >= 15 is 0 Å². The fourth-order valence-electron chi connectivity index (χ4n) is 3.88. The summed E-state index contributed by atoms with van der Waals surface area (Å²) in [5.41, 5.74) is 1.67. The third kappa shape index (κ3) is 7.34. The number of halogens is 2. The van der Waals surface area contributed by atoms with E-state index in [9.17, 15) is 8.78 Å². The summed E-state index contributed by atoms with van der Waals surface area (Å²) in [7, 11) is 0. The van der Waals surface area contributed by atoms with Crippen LogP contribution in [0.5, 0.6) is 0 Å². The zero-order valence-corrected chi connectivity index (χ0v) is 18.8. The number of ether oxygens (including phenoxy) is 2. The van der Waals surface area contributed by atoms with Gasteiger partial charge in [-0.2, -0.15) is 10.2 Å². The Morgan fingerprint density at radius 2 is 1.55 bits per heavy atom. The van der Waals surface area contributed by atoms with Crippen molar-refractivity contribution >= 4 is 11.4 Å². The quantitative estimate of drug-likeness (QED) is 0.546. The van der Waals surface area contributed by atoms with Crippen LogP contribution in [0.25, 0.3) is 0 Å². The van der Waals surface area contributed by atoms with Gasteiger partial charge in [0.25, 0.3) is 0 Å². The van der Waals surface area contributed by atoms with Gasteiger partial charge >= 0.3 is 0 Å². The first-order chi connectivity index (χ1) is 16.2. The molecule has 33 heavy (non-hydrogen) atoms. The number of rotatable bonds is 10. The van der Waals surface area contributed by atoms with Gasteiger partial charge in [-0.1, -0.05) is 0 Å². The summed E-state index contributed by atoms with van der Waals surface area (Å²) < 4.78 is 37.5. The summed E-state index contributed by atoms with van der Waals surface area (Å²) in [6.45, 7) is 11.3. The van der Waals surface area contributed by atoms with Crippen molar-refractivity contribution in [1.29, 1.82) is 0 Å². The van der Waals surface area contributed by atoms with Crippen molar-refractivity contribution in [3.05, 3.63) is 41.7 Å². The fourth-order valence-corrected chi connectivity index (χ4v) is 3.88. The largest absolute Gasteiger partial charge is 0.379 e. The first-order valence-corrected chi connectivity index (χ1v) is 11.4. The molecule has 2 fully saturated rings. The molecule has 4 rings (SSSR count). The summed E-state index contributed by atoms with van der Waals surface area (Å²) >= 11 is 0. The van der Waals surface area contributed by atoms with Crippen LogP contribution >= 0.6 is 0 Å². The lowest BCUT2D eigenvalue weighted by Gasteiger charge is -2.32. The predicted molar refractivity (Wildman–Crippen MR) is 119 cm³/mol. The van der Waals surface area contributed by atoms with E-state index in [1.807, 2.05) is 0 Å². The van der Waals surface area contributed by atoms with Crippen LogP contribution in [0.2, 0.25) is 0 Å². The Hall–Kier alpha value is -2.31. The molecule has 180 valence electrons. The Balaban J connectivity index is 1.39. The van der Waals surface area contributed by atoms with Crippen LogP contribution in [0.15, 0.2) is 34.6 Å². The second-order valence-corrected chi connectivity index (χ2v) is 8.22. The Kier molecular flexibility index (Phi) is 8.84. The van der Waals surface area contributed by atoms with Crippen molar-refractivity contribution in [3.63, 3.8) is 0 Å². The molecule has 1 aromatic heterocycles. The predicted octanol–water partition coefficient (Wildman–Crippen LogP) is 2.57. The monoisotopic (exact) mass is 463 g/mol. The number of azo groups is 1. The summed E-state index contributed by atoms with van der Waals surface area (Å²) in [5, 5.41) is 15.4.